The Morgan fingerprint density at radius 1 is 0.952 bits per heavy atom. The number of benzene rings is 2. The molecule has 21 heavy (non-hydrogen) atoms. The third-order valence-electron chi connectivity index (χ3n) is 4.31. The van der Waals surface area contributed by atoms with E-state index < -0.39 is 0 Å². The number of carbonyl (C=O) groups is 1. The van der Waals surface area contributed by atoms with Gasteiger partial charge in [0.2, 0.25) is 0 Å². The zero-order chi connectivity index (χ0) is 14.2. The molecule has 1 aromatic heterocycles. The lowest BCUT2D eigenvalue weighted by atomic mass is 9.94. The van der Waals surface area contributed by atoms with Gasteiger partial charge >= 0.3 is 0 Å². The Bertz CT molecular complexity index is 813. The minimum atomic E-state index is 0.0727. The van der Waals surface area contributed by atoms with Crippen LogP contribution >= 0.6 is 0 Å². The molecule has 102 valence electrons. The highest BCUT2D eigenvalue weighted by atomic mass is 16.1. The molecule has 0 bridgehead atoms. The van der Waals surface area contributed by atoms with Crippen molar-refractivity contribution in [1.82, 2.24) is 4.98 Å². The van der Waals surface area contributed by atoms with Crippen LogP contribution in [0.4, 0.5) is 0 Å². The number of hydrogen-bond donors (Lipinski definition) is 0. The molecular formula is C19H15NO. The first kappa shape index (κ1) is 12.3. The second-order valence-electron chi connectivity index (χ2n) is 5.65. The molecule has 0 saturated carbocycles. The number of ketones is 1. The van der Waals surface area contributed by atoms with Crippen molar-refractivity contribution >= 4 is 16.7 Å². The first-order chi connectivity index (χ1) is 10.3. The van der Waals surface area contributed by atoms with Crippen LogP contribution in [-0.4, -0.2) is 10.8 Å². The minimum Gasteiger partial charge on any atom is -0.294 e. The SMILES string of the molecule is O=C(c1ccc2cccnc2c1)C1Cc2ccccc2C1. The second kappa shape index (κ2) is 4.81. The van der Waals surface area contributed by atoms with Crippen molar-refractivity contribution in [2.45, 2.75) is 12.8 Å². The number of pyridine rings is 1. The summed E-state index contributed by atoms with van der Waals surface area (Å²) in [6.45, 7) is 0. The van der Waals surface area contributed by atoms with E-state index in [9.17, 15) is 4.79 Å². The molecule has 0 aliphatic heterocycles. The van der Waals surface area contributed by atoms with E-state index in [0.717, 1.165) is 29.3 Å². The van der Waals surface area contributed by atoms with Crippen molar-refractivity contribution in [3.8, 4) is 0 Å². The van der Waals surface area contributed by atoms with E-state index in [4.69, 9.17) is 0 Å². The van der Waals surface area contributed by atoms with Crippen LogP contribution in [0.5, 0.6) is 0 Å². The van der Waals surface area contributed by atoms with Gasteiger partial charge in [0.15, 0.2) is 5.78 Å². The van der Waals surface area contributed by atoms with E-state index >= 15 is 0 Å². The summed E-state index contributed by atoms with van der Waals surface area (Å²) in [5.41, 5.74) is 4.29. The van der Waals surface area contributed by atoms with Crippen LogP contribution in [0.15, 0.2) is 60.8 Å². The Kier molecular flexibility index (Phi) is 2.81. The molecule has 0 radical (unpaired) electrons. The highest BCUT2D eigenvalue weighted by Crippen LogP contribution is 2.29. The van der Waals surface area contributed by atoms with Crippen LogP contribution in [0.1, 0.15) is 21.5 Å². The smallest absolute Gasteiger partial charge is 0.166 e. The van der Waals surface area contributed by atoms with Crippen molar-refractivity contribution in [2.24, 2.45) is 5.92 Å². The lowest BCUT2D eigenvalue weighted by molar-refractivity contribution is 0.0925. The Hall–Kier alpha value is -2.48. The molecule has 4 rings (SSSR count). The van der Waals surface area contributed by atoms with Crippen LogP contribution in [0, 0.1) is 5.92 Å². The van der Waals surface area contributed by atoms with Gasteiger partial charge in [0.05, 0.1) is 5.52 Å². The predicted molar refractivity (Wildman–Crippen MR) is 83.4 cm³/mol. The lowest BCUT2D eigenvalue weighted by Gasteiger charge is -2.08. The predicted octanol–water partition coefficient (Wildman–Crippen LogP) is 3.83. The molecule has 0 unspecified atom stereocenters. The summed E-state index contributed by atoms with van der Waals surface area (Å²) >= 11 is 0. The number of rotatable bonds is 2. The van der Waals surface area contributed by atoms with Gasteiger partial charge in [-0.15, -0.1) is 0 Å². The van der Waals surface area contributed by atoms with Crippen molar-refractivity contribution in [1.29, 1.82) is 0 Å². The Morgan fingerprint density at radius 3 is 2.48 bits per heavy atom. The molecule has 0 atom stereocenters. The molecule has 0 fully saturated rings. The van der Waals surface area contributed by atoms with Crippen LogP contribution in [0.2, 0.25) is 0 Å². The first-order valence-electron chi connectivity index (χ1n) is 7.27. The highest BCUT2D eigenvalue weighted by Gasteiger charge is 2.27. The molecule has 0 N–H and O–H groups in total. The number of nitrogens with zero attached hydrogens (tertiary/aromatic N) is 1. The first-order valence-corrected chi connectivity index (χ1v) is 7.27. The second-order valence-corrected chi connectivity index (χ2v) is 5.65. The quantitative estimate of drug-likeness (QED) is 0.664. The molecule has 1 heterocycles. The monoisotopic (exact) mass is 273 g/mol. The van der Waals surface area contributed by atoms with Gasteiger partial charge in [-0.25, -0.2) is 0 Å². The summed E-state index contributed by atoms with van der Waals surface area (Å²) in [5, 5.41) is 1.07. The van der Waals surface area contributed by atoms with E-state index in [1.165, 1.54) is 11.1 Å². The zero-order valence-corrected chi connectivity index (χ0v) is 11.6. The normalized spacial score (nSPS) is 14.3. The van der Waals surface area contributed by atoms with Crippen LogP contribution < -0.4 is 0 Å². The zero-order valence-electron chi connectivity index (χ0n) is 11.6. The lowest BCUT2D eigenvalue weighted by Crippen LogP contribution is -2.14. The van der Waals surface area contributed by atoms with E-state index in [-0.39, 0.29) is 11.7 Å². The molecule has 2 aromatic carbocycles. The number of hydrogen-bond acceptors (Lipinski definition) is 2. The molecule has 1 aliphatic rings. The van der Waals surface area contributed by atoms with Crippen molar-refractivity contribution < 1.29 is 4.79 Å². The van der Waals surface area contributed by atoms with Gasteiger partial charge in [-0.3, -0.25) is 9.78 Å². The van der Waals surface area contributed by atoms with Crippen molar-refractivity contribution in [3.63, 3.8) is 0 Å². The van der Waals surface area contributed by atoms with Gasteiger partial charge in [0, 0.05) is 23.1 Å². The summed E-state index contributed by atoms with van der Waals surface area (Å²) < 4.78 is 0. The van der Waals surface area contributed by atoms with Gasteiger partial charge in [-0.1, -0.05) is 42.5 Å². The van der Waals surface area contributed by atoms with Crippen molar-refractivity contribution in [3.05, 3.63) is 77.5 Å². The average Bonchev–Trinajstić information content (AvgIpc) is 2.97. The maximum Gasteiger partial charge on any atom is 0.166 e. The van der Waals surface area contributed by atoms with Crippen LogP contribution in [-0.2, 0) is 12.8 Å². The summed E-state index contributed by atoms with van der Waals surface area (Å²) in [7, 11) is 0. The number of aromatic nitrogens is 1. The van der Waals surface area contributed by atoms with E-state index in [1.54, 1.807) is 6.20 Å². The fourth-order valence-electron chi connectivity index (χ4n) is 3.20. The minimum absolute atomic E-state index is 0.0727. The number of fused-ring (bicyclic) bond motifs is 2. The van der Waals surface area contributed by atoms with Crippen molar-refractivity contribution in [2.75, 3.05) is 0 Å². The Labute approximate surface area is 123 Å². The largest absolute Gasteiger partial charge is 0.294 e. The van der Waals surface area contributed by atoms with Gasteiger partial charge in [-0.2, -0.15) is 0 Å². The standard InChI is InChI=1S/C19H15NO/c21-19(17-10-14-4-1-2-5-15(14)11-17)16-8-7-13-6-3-9-20-18(13)12-16/h1-9,12,17H,10-11H2. The van der Waals surface area contributed by atoms with Gasteiger partial charge < -0.3 is 0 Å². The summed E-state index contributed by atoms with van der Waals surface area (Å²) in [6.07, 6.45) is 3.48. The van der Waals surface area contributed by atoms with Crippen LogP contribution in [0.25, 0.3) is 10.9 Å². The maximum atomic E-state index is 12.7. The summed E-state index contributed by atoms with van der Waals surface area (Å²) in [4.78, 5) is 17.1. The maximum absolute atomic E-state index is 12.7. The molecule has 0 spiro atoms. The fraction of sp³-hybridized carbons (Fsp3) is 0.158. The highest BCUT2D eigenvalue weighted by molar-refractivity contribution is 6.01. The Balaban J connectivity index is 1.65. The summed E-state index contributed by atoms with van der Waals surface area (Å²) in [6, 6.07) is 18.1. The third kappa shape index (κ3) is 2.13. The molecule has 0 saturated heterocycles. The topological polar surface area (TPSA) is 30.0 Å². The summed E-state index contributed by atoms with van der Waals surface area (Å²) in [5.74, 6) is 0.308. The van der Waals surface area contributed by atoms with Crippen LogP contribution in [0.3, 0.4) is 0 Å². The molecule has 2 nitrogen and oxygen atoms in total. The van der Waals surface area contributed by atoms with E-state index in [1.807, 2.05) is 42.5 Å². The molecule has 3 aromatic rings. The van der Waals surface area contributed by atoms with E-state index in [2.05, 4.69) is 17.1 Å². The van der Waals surface area contributed by atoms with Gasteiger partial charge in [0.1, 0.15) is 0 Å². The van der Waals surface area contributed by atoms with E-state index in [0.29, 0.717) is 0 Å². The molecule has 0 amide bonds. The average molecular weight is 273 g/mol. The number of Topliss-reactive ketones (excluding diaryl/α,β-unsaturated/α-hetero) is 1. The van der Waals surface area contributed by atoms with Gasteiger partial charge in [0.25, 0.3) is 0 Å². The Morgan fingerprint density at radius 2 is 1.71 bits per heavy atom. The number of carbonyl (C=O) groups excluding carboxylic acids is 1. The molecule has 1 aliphatic carbocycles. The third-order valence-corrected chi connectivity index (χ3v) is 4.31. The molecular weight excluding hydrogens is 258 g/mol. The van der Waals surface area contributed by atoms with Gasteiger partial charge in [-0.05, 0) is 36.1 Å². The molecule has 2 heteroatoms. The fourth-order valence-corrected chi connectivity index (χ4v) is 3.20.